The Bertz CT molecular complexity index is 556. The van der Waals surface area contributed by atoms with Crippen LogP contribution in [-0.4, -0.2) is 60.5 Å². The lowest BCUT2D eigenvalue weighted by Gasteiger charge is -2.36. The highest BCUT2D eigenvalue weighted by Crippen LogP contribution is 2.32. The number of amides is 1. The first-order chi connectivity index (χ1) is 11.6. The van der Waals surface area contributed by atoms with Gasteiger partial charge in [-0.1, -0.05) is 12.1 Å². The molecule has 0 aliphatic carbocycles. The molecule has 2 aliphatic heterocycles. The number of likely N-dealkylation sites (tertiary alicyclic amines) is 1. The van der Waals surface area contributed by atoms with Crippen molar-refractivity contribution < 1.29 is 9.18 Å². The zero-order chi connectivity index (χ0) is 17.0. The second-order valence-electron chi connectivity index (χ2n) is 7.27. The monoisotopic (exact) mass is 333 g/mol. The molecule has 5 heteroatoms. The maximum atomic E-state index is 13.1. The Balaban J connectivity index is 1.55. The number of carbonyl (C=O) groups is 1. The van der Waals surface area contributed by atoms with Gasteiger partial charge in [0, 0.05) is 44.7 Å². The van der Waals surface area contributed by atoms with E-state index < -0.39 is 0 Å². The highest BCUT2D eigenvalue weighted by Gasteiger charge is 2.36. The average Bonchev–Trinajstić information content (AvgIpc) is 2.96. The molecule has 1 aromatic rings. The van der Waals surface area contributed by atoms with Gasteiger partial charge < -0.3 is 10.2 Å². The lowest BCUT2D eigenvalue weighted by Crippen LogP contribution is -2.48. The van der Waals surface area contributed by atoms with Crippen molar-refractivity contribution in [1.29, 1.82) is 0 Å². The van der Waals surface area contributed by atoms with Crippen LogP contribution in [0.4, 0.5) is 4.39 Å². The number of benzene rings is 1. The van der Waals surface area contributed by atoms with E-state index in [1.54, 1.807) is 0 Å². The van der Waals surface area contributed by atoms with Gasteiger partial charge in [0.05, 0.1) is 0 Å². The maximum Gasteiger partial charge on any atom is 0.223 e. The number of carbonyl (C=O) groups excluding carboxylic acids is 1. The fourth-order valence-corrected chi connectivity index (χ4v) is 4.01. The molecule has 0 bridgehead atoms. The molecule has 2 fully saturated rings. The normalized spacial score (nSPS) is 25.2. The predicted octanol–water partition coefficient (Wildman–Crippen LogP) is 2.04. The third kappa shape index (κ3) is 4.14. The Kier molecular flexibility index (Phi) is 5.51. The quantitative estimate of drug-likeness (QED) is 0.896. The van der Waals surface area contributed by atoms with Gasteiger partial charge in [-0.05, 0) is 50.4 Å². The average molecular weight is 333 g/mol. The second-order valence-corrected chi connectivity index (χ2v) is 7.27. The van der Waals surface area contributed by atoms with Gasteiger partial charge in [-0.15, -0.1) is 0 Å². The van der Waals surface area contributed by atoms with Crippen molar-refractivity contribution in [2.45, 2.75) is 38.1 Å². The zero-order valence-electron chi connectivity index (χ0n) is 14.6. The van der Waals surface area contributed by atoms with E-state index in [0.717, 1.165) is 52.1 Å². The Hall–Kier alpha value is -1.46. The summed E-state index contributed by atoms with van der Waals surface area (Å²) in [6.07, 6.45) is 3.81. The summed E-state index contributed by atoms with van der Waals surface area (Å²) in [5.41, 5.74) is 1.24. The van der Waals surface area contributed by atoms with Crippen molar-refractivity contribution in [2.75, 3.05) is 39.3 Å². The van der Waals surface area contributed by atoms with E-state index in [2.05, 4.69) is 17.1 Å². The van der Waals surface area contributed by atoms with Crippen LogP contribution in [0.2, 0.25) is 0 Å². The molecule has 3 rings (SSSR count). The molecule has 1 atom stereocenters. The van der Waals surface area contributed by atoms with Crippen LogP contribution in [0.5, 0.6) is 0 Å². The fraction of sp³-hybridized carbons (Fsp3) is 0.632. The highest BCUT2D eigenvalue weighted by molar-refractivity contribution is 5.76. The predicted molar refractivity (Wildman–Crippen MR) is 93.4 cm³/mol. The summed E-state index contributed by atoms with van der Waals surface area (Å²) in [4.78, 5) is 16.8. The first-order valence-electron chi connectivity index (χ1n) is 9.05. The number of piperazine rings is 1. The molecule has 1 amide bonds. The minimum atomic E-state index is -0.186. The van der Waals surface area contributed by atoms with Crippen LogP contribution in [0, 0.1) is 5.82 Å². The second kappa shape index (κ2) is 7.62. The standard InChI is InChI=1S/C19H28FN3O/c1-19(15-16-3-5-17(20)6-4-16)8-2-11-23(19)12-7-18(24)22-13-9-21-10-14-22/h3-6,21H,2,7-15H2,1H3. The van der Waals surface area contributed by atoms with Crippen molar-refractivity contribution in [1.82, 2.24) is 15.1 Å². The molecule has 0 aromatic heterocycles. The molecule has 2 saturated heterocycles. The fourth-order valence-electron chi connectivity index (χ4n) is 4.01. The minimum Gasteiger partial charge on any atom is -0.340 e. The van der Waals surface area contributed by atoms with Gasteiger partial charge in [0.15, 0.2) is 0 Å². The van der Waals surface area contributed by atoms with Crippen LogP contribution in [0.1, 0.15) is 31.7 Å². The number of nitrogens with one attached hydrogen (secondary N) is 1. The summed E-state index contributed by atoms with van der Waals surface area (Å²) in [6.45, 7) is 7.60. The number of hydrogen-bond acceptors (Lipinski definition) is 3. The van der Waals surface area contributed by atoms with Crippen molar-refractivity contribution in [3.05, 3.63) is 35.6 Å². The van der Waals surface area contributed by atoms with Crippen LogP contribution in [-0.2, 0) is 11.2 Å². The van der Waals surface area contributed by atoms with E-state index in [4.69, 9.17) is 0 Å². The van der Waals surface area contributed by atoms with E-state index in [9.17, 15) is 9.18 Å². The van der Waals surface area contributed by atoms with E-state index in [1.165, 1.54) is 24.1 Å². The summed E-state index contributed by atoms with van der Waals surface area (Å²) in [7, 11) is 0. The van der Waals surface area contributed by atoms with Gasteiger partial charge in [-0.2, -0.15) is 0 Å². The van der Waals surface area contributed by atoms with E-state index in [0.29, 0.717) is 6.42 Å². The Morgan fingerprint density at radius 3 is 2.62 bits per heavy atom. The summed E-state index contributed by atoms with van der Waals surface area (Å²) in [6, 6.07) is 6.82. The van der Waals surface area contributed by atoms with Gasteiger partial charge in [-0.3, -0.25) is 9.69 Å². The van der Waals surface area contributed by atoms with Gasteiger partial charge in [0.2, 0.25) is 5.91 Å². The van der Waals surface area contributed by atoms with Crippen molar-refractivity contribution >= 4 is 5.91 Å². The molecular weight excluding hydrogens is 305 g/mol. The zero-order valence-corrected chi connectivity index (χ0v) is 14.6. The van der Waals surface area contributed by atoms with Crippen LogP contribution >= 0.6 is 0 Å². The van der Waals surface area contributed by atoms with Crippen molar-refractivity contribution in [3.8, 4) is 0 Å². The Morgan fingerprint density at radius 2 is 1.92 bits per heavy atom. The third-order valence-electron chi connectivity index (χ3n) is 5.47. The Morgan fingerprint density at radius 1 is 1.21 bits per heavy atom. The molecule has 4 nitrogen and oxygen atoms in total. The molecule has 0 spiro atoms. The molecule has 132 valence electrons. The number of hydrogen-bond donors (Lipinski definition) is 1. The molecule has 2 aliphatic rings. The van der Waals surface area contributed by atoms with Crippen LogP contribution in [0.15, 0.2) is 24.3 Å². The molecule has 1 aromatic carbocycles. The van der Waals surface area contributed by atoms with Crippen LogP contribution in [0.3, 0.4) is 0 Å². The summed E-state index contributed by atoms with van der Waals surface area (Å²) in [5.74, 6) is 0.0846. The lowest BCUT2D eigenvalue weighted by atomic mass is 9.90. The maximum absolute atomic E-state index is 13.1. The highest BCUT2D eigenvalue weighted by atomic mass is 19.1. The van der Waals surface area contributed by atoms with Gasteiger partial charge >= 0.3 is 0 Å². The van der Waals surface area contributed by atoms with Crippen molar-refractivity contribution in [3.63, 3.8) is 0 Å². The summed E-state index contributed by atoms with van der Waals surface area (Å²) in [5, 5.41) is 3.28. The molecule has 0 radical (unpaired) electrons. The van der Waals surface area contributed by atoms with Crippen molar-refractivity contribution in [2.24, 2.45) is 0 Å². The van der Waals surface area contributed by atoms with Crippen LogP contribution in [0.25, 0.3) is 0 Å². The van der Waals surface area contributed by atoms with E-state index in [1.807, 2.05) is 17.0 Å². The molecule has 1 unspecified atom stereocenters. The number of halogens is 1. The largest absolute Gasteiger partial charge is 0.340 e. The third-order valence-corrected chi connectivity index (χ3v) is 5.47. The first kappa shape index (κ1) is 17.4. The molecule has 24 heavy (non-hydrogen) atoms. The van der Waals surface area contributed by atoms with E-state index >= 15 is 0 Å². The Labute approximate surface area is 144 Å². The van der Waals surface area contributed by atoms with Gasteiger partial charge in [0.25, 0.3) is 0 Å². The smallest absolute Gasteiger partial charge is 0.223 e. The molecule has 2 heterocycles. The molecule has 1 N–H and O–H groups in total. The first-order valence-corrected chi connectivity index (χ1v) is 9.05. The number of rotatable bonds is 5. The lowest BCUT2D eigenvalue weighted by molar-refractivity contribution is -0.132. The van der Waals surface area contributed by atoms with Gasteiger partial charge in [0.1, 0.15) is 5.82 Å². The SMILES string of the molecule is CC1(Cc2ccc(F)cc2)CCCN1CCC(=O)N1CCNCC1. The minimum absolute atomic E-state index is 0.0710. The summed E-state index contributed by atoms with van der Waals surface area (Å²) < 4.78 is 13.1. The van der Waals surface area contributed by atoms with E-state index in [-0.39, 0.29) is 17.3 Å². The number of nitrogens with zero attached hydrogens (tertiary/aromatic N) is 2. The van der Waals surface area contributed by atoms with Crippen LogP contribution < -0.4 is 5.32 Å². The van der Waals surface area contributed by atoms with Gasteiger partial charge in [-0.25, -0.2) is 4.39 Å². The molecular formula is C19H28FN3O. The molecule has 0 saturated carbocycles. The topological polar surface area (TPSA) is 35.6 Å². The summed E-state index contributed by atoms with van der Waals surface area (Å²) >= 11 is 0.